The molecule has 1 aliphatic rings. The smallest absolute Gasteiger partial charge is 0.362 e. The van der Waals surface area contributed by atoms with Crippen molar-refractivity contribution in [3.05, 3.63) is 0 Å². The van der Waals surface area contributed by atoms with Gasteiger partial charge in [-0.25, -0.2) is 0 Å². The van der Waals surface area contributed by atoms with Crippen molar-refractivity contribution in [2.24, 2.45) is 0 Å². The summed E-state index contributed by atoms with van der Waals surface area (Å²) < 4.78 is 39.6. The topological polar surface area (TPSA) is 50.4 Å². The van der Waals surface area contributed by atoms with Gasteiger partial charge in [-0.05, 0) is 26.3 Å². The van der Waals surface area contributed by atoms with Gasteiger partial charge in [0.05, 0.1) is 0 Å². The minimum absolute atomic E-state index is 0.0364. The lowest BCUT2D eigenvalue weighted by atomic mass is 10.00. The number of ether oxygens (including phenoxy) is 1. The van der Waals surface area contributed by atoms with E-state index in [0.717, 1.165) is 19.4 Å². The first-order chi connectivity index (χ1) is 7.88. The number of hydrogen-bond acceptors (Lipinski definition) is 3. The molecule has 0 saturated carbocycles. The van der Waals surface area contributed by atoms with Crippen molar-refractivity contribution in [2.45, 2.75) is 38.0 Å². The quantitative estimate of drug-likeness (QED) is 0.781. The lowest BCUT2D eigenvalue weighted by Crippen LogP contribution is -2.52. The molecule has 7 heteroatoms. The van der Waals surface area contributed by atoms with E-state index < -0.39 is 25.3 Å². The van der Waals surface area contributed by atoms with Crippen LogP contribution in [0.5, 0.6) is 0 Å². The number of piperidine rings is 1. The van der Waals surface area contributed by atoms with Crippen molar-refractivity contribution in [1.82, 2.24) is 10.6 Å². The number of carbonyl (C=O) groups is 1. The van der Waals surface area contributed by atoms with E-state index in [2.05, 4.69) is 15.4 Å². The molecule has 100 valence electrons. The van der Waals surface area contributed by atoms with Crippen LogP contribution in [0, 0.1) is 0 Å². The highest BCUT2D eigenvalue weighted by molar-refractivity contribution is 5.77. The molecule has 4 nitrogen and oxygen atoms in total. The van der Waals surface area contributed by atoms with Gasteiger partial charge in [0.25, 0.3) is 0 Å². The van der Waals surface area contributed by atoms with E-state index in [1.54, 1.807) is 0 Å². The number of carbonyl (C=O) groups excluding carboxylic acids is 1. The third kappa shape index (κ3) is 5.88. The average Bonchev–Trinajstić information content (AvgIpc) is 2.19. The fourth-order valence-electron chi connectivity index (χ4n) is 1.75. The highest BCUT2D eigenvalue weighted by atomic mass is 19.4. The molecule has 2 unspecified atom stereocenters. The first-order valence-corrected chi connectivity index (χ1v) is 5.56. The summed E-state index contributed by atoms with van der Waals surface area (Å²) in [5.41, 5.74) is 0. The lowest BCUT2D eigenvalue weighted by Gasteiger charge is -2.30. The summed E-state index contributed by atoms with van der Waals surface area (Å²) in [7, 11) is 0. The standard InChI is InChI=1S/C10H17F3N2O2/c1-7-8(3-2-4-14-7)15-9(16)5-17-6-10(11,12)13/h7-8,14H,2-6H2,1H3,(H,15,16). The van der Waals surface area contributed by atoms with E-state index in [4.69, 9.17) is 0 Å². The summed E-state index contributed by atoms with van der Waals surface area (Å²) in [5.74, 6) is -0.505. The van der Waals surface area contributed by atoms with Crippen LogP contribution in [-0.2, 0) is 9.53 Å². The van der Waals surface area contributed by atoms with Crippen LogP contribution in [0.2, 0.25) is 0 Å². The molecule has 1 fully saturated rings. The summed E-state index contributed by atoms with van der Waals surface area (Å²) in [6.07, 6.45) is -2.61. The van der Waals surface area contributed by atoms with E-state index in [1.165, 1.54) is 0 Å². The molecule has 0 aromatic carbocycles. The maximum absolute atomic E-state index is 11.8. The molecule has 1 amide bonds. The van der Waals surface area contributed by atoms with Crippen molar-refractivity contribution in [1.29, 1.82) is 0 Å². The maximum Gasteiger partial charge on any atom is 0.411 e. The van der Waals surface area contributed by atoms with Gasteiger partial charge < -0.3 is 15.4 Å². The number of nitrogens with one attached hydrogen (secondary N) is 2. The van der Waals surface area contributed by atoms with Crippen LogP contribution in [0.3, 0.4) is 0 Å². The molecule has 0 aromatic heterocycles. The molecule has 2 atom stereocenters. The Hall–Kier alpha value is -0.820. The van der Waals surface area contributed by atoms with E-state index in [-0.39, 0.29) is 12.1 Å². The summed E-state index contributed by atoms with van der Waals surface area (Å²) in [6, 6.07) is 0.0982. The van der Waals surface area contributed by atoms with Gasteiger partial charge in [-0.3, -0.25) is 4.79 Å². The second kappa shape index (κ2) is 6.20. The molecular weight excluding hydrogens is 237 g/mol. The minimum atomic E-state index is -4.39. The highest BCUT2D eigenvalue weighted by Crippen LogP contribution is 2.14. The Morgan fingerprint density at radius 1 is 1.53 bits per heavy atom. The minimum Gasteiger partial charge on any atom is -0.362 e. The molecule has 0 aromatic rings. The first-order valence-electron chi connectivity index (χ1n) is 5.56. The second-order valence-corrected chi connectivity index (χ2v) is 4.17. The maximum atomic E-state index is 11.8. The molecule has 1 heterocycles. The fraction of sp³-hybridized carbons (Fsp3) is 0.900. The molecule has 2 N–H and O–H groups in total. The van der Waals surface area contributed by atoms with Gasteiger partial charge in [0.1, 0.15) is 13.2 Å². The Bertz CT molecular complexity index is 258. The third-order valence-corrected chi connectivity index (χ3v) is 2.61. The largest absolute Gasteiger partial charge is 0.411 e. The predicted molar refractivity (Wildman–Crippen MR) is 55.5 cm³/mol. The Labute approximate surface area is 97.9 Å². The van der Waals surface area contributed by atoms with Crippen molar-refractivity contribution < 1.29 is 22.7 Å². The van der Waals surface area contributed by atoms with Gasteiger partial charge in [0.2, 0.25) is 5.91 Å². The first kappa shape index (κ1) is 14.2. The van der Waals surface area contributed by atoms with Gasteiger partial charge in [-0.15, -0.1) is 0 Å². The zero-order chi connectivity index (χ0) is 12.9. The zero-order valence-electron chi connectivity index (χ0n) is 9.64. The predicted octanol–water partition coefficient (Wildman–Crippen LogP) is 0.822. The van der Waals surface area contributed by atoms with Crippen LogP contribution >= 0.6 is 0 Å². The van der Waals surface area contributed by atoms with Crippen LogP contribution in [0.25, 0.3) is 0 Å². The van der Waals surface area contributed by atoms with Crippen molar-refractivity contribution >= 4 is 5.91 Å². The molecule has 1 rings (SSSR count). The van der Waals surface area contributed by atoms with Crippen LogP contribution in [0.15, 0.2) is 0 Å². The van der Waals surface area contributed by atoms with Crippen molar-refractivity contribution in [3.63, 3.8) is 0 Å². The molecule has 1 saturated heterocycles. The van der Waals surface area contributed by atoms with Gasteiger partial charge in [-0.1, -0.05) is 0 Å². The number of amides is 1. The Morgan fingerprint density at radius 2 is 2.24 bits per heavy atom. The normalized spacial score (nSPS) is 25.6. The number of rotatable bonds is 4. The number of hydrogen-bond donors (Lipinski definition) is 2. The Balaban J connectivity index is 2.20. The zero-order valence-corrected chi connectivity index (χ0v) is 9.64. The second-order valence-electron chi connectivity index (χ2n) is 4.17. The summed E-state index contributed by atoms with van der Waals surface area (Å²) in [4.78, 5) is 11.3. The molecular formula is C10H17F3N2O2. The Morgan fingerprint density at radius 3 is 2.82 bits per heavy atom. The van der Waals surface area contributed by atoms with E-state index in [0.29, 0.717) is 0 Å². The highest BCUT2D eigenvalue weighted by Gasteiger charge is 2.28. The summed E-state index contributed by atoms with van der Waals surface area (Å²) in [5, 5.41) is 5.84. The number of alkyl halides is 3. The van der Waals surface area contributed by atoms with Crippen LogP contribution in [-0.4, -0.2) is 43.9 Å². The number of halogens is 3. The molecule has 0 radical (unpaired) electrons. The Kier molecular flexibility index (Phi) is 5.20. The average molecular weight is 254 g/mol. The molecule has 0 bridgehead atoms. The third-order valence-electron chi connectivity index (χ3n) is 2.61. The van der Waals surface area contributed by atoms with Gasteiger partial charge >= 0.3 is 6.18 Å². The monoisotopic (exact) mass is 254 g/mol. The lowest BCUT2D eigenvalue weighted by molar-refractivity contribution is -0.175. The van der Waals surface area contributed by atoms with Crippen LogP contribution in [0.4, 0.5) is 13.2 Å². The van der Waals surface area contributed by atoms with Crippen LogP contribution in [0.1, 0.15) is 19.8 Å². The van der Waals surface area contributed by atoms with E-state index in [1.807, 2.05) is 6.92 Å². The van der Waals surface area contributed by atoms with Crippen molar-refractivity contribution in [3.8, 4) is 0 Å². The molecule has 0 aliphatic carbocycles. The molecule has 17 heavy (non-hydrogen) atoms. The summed E-state index contributed by atoms with van der Waals surface area (Å²) >= 11 is 0. The molecule has 1 aliphatic heterocycles. The van der Waals surface area contributed by atoms with Crippen molar-refractivity contribution in [2.75, 3.05) is 19.8 Å². The molecule has 0 spiro atoms. The van der Waals surface area contributed by atoms with Gasteiger partial charge in [0, 0.05) is 12.1 Å². The summed E-state index contributed by atoms with van der Waals surface area (Å²) in [6.45, 7) is 0.889. The van der Waals surface area contributed by atoms with Gasteiger partial charge in [0.15, 0.2) is 0 Å². The van der Waals surface area contributed by atoms with E-state index >= 15 is 0 Å². The van der Waals surface area contributed by atoms with Gasteiger partial charge in [-0.2, -0.15) is 13.2 Å². The van der Waals surface area contributed by atoms with Crippen LogP contribution < -0.4 is 10.6 Å². The SMILES string of the molecule is CC1NCCCC1NC(=O)COCC(F)(F)F. The fourth-order valence-corrected chi connectivity index (χ4v) is 1.75. The van der Waals surface area contributed by atoms with E-state index in [9.17, 15) is 18.0 Å².